The first-order valence-electron chi connectivity index (χ1n) is 7.26. The van der Waals surface area contributed by atoms with E-state index in [2.05, 4.69) is 67.7 Å². The zero-order valence-electron chi connectivity index (χ0n) is 13.2. The van der Waals surface area contributed by atoms with Crippen LogP contribution in [0.1, 0.15) is 33.4 Å². The van der Waals surface area contributed by atoms with E-state index in [0.717, 1.165) is 18.8 Å². The summed E-state index contributed by atoms with van der Waals surface area (Å²) in [5.74, 6) is 0. The Labute approximate surface area is 121 Å². The van der Waals surface area contributed by atoms with E-state index in [1.54, 1.807) is 0 Å². The molecule has 1 atom stereocenters. The van der Waals surface area contributed by atoms with Crippen LogP contribution in [-0.2, 0) is 13.6 Å². The largest absolute Gasteiger partial charge is 0.311 e. The van der Waals surface area contributed by atoms with Gasteiger partial charge in [0.1, 0.15) is 0 Å². The van der Waals surface area contributed by atoms with Crippen LogP contribution >= 0.6 is 0 Å². The van der Waals surface area contributed by atoms with E-state index in [4.69, 9.17) is 0 Å². The van der Waals surface area contributed by atoms with Crippen LogP contribution < -0.4 is 10.6 Å². The van der Waals surface area contributed by atoms with Gasteiger partial charge in [0.2, 0.25) is 0 Å². The van der Waals surface area contributed by atoms with E-state index in [1.807, 2.05) is 11.7 Å². The van der Waals surface area contributed by atoms with Crippen LogP contribution in [-0.4, -0.2) is 27.9 Å². The summed E-state index contributed by atoms with van der Waals surface area (Å²) in [6.07, 6.45) is 0. The van der Waals surface area contributed by atoms with E-state index in [-0.39, 0.29) is 5.54 Å². The van der Waals surface area contributed by atoms with Crippen molar-refractivity contribution in [1.82, 2.24) is 20.4 Å². The summed E-state index contributed by atoms with van der Waals surface area (Å²) in [4.78, 5) is 0. The number of hydrogen-bond acceptors (Lipinski definition) is 3. The fourth-order valence-corrected chi connectivity index (χ4v) is 2.22. The molecule has 0 fully saturated rings. The molecule has 0 aliphatic carbocycles. The predicted octanol–water partition coefficient (Wildman–Crippen LogP) is 2.44. The molecule has 1 aromatic heterocycles. The first-order chi connectivity index (χ1) is 9.37. The van der Waals surface area contributed by atoms with E-state index in [9.17, 15) is 0 Å². The maximum atomic E-state index is 4.60. The summed E-state index contributed by atoms with van der Waals surface area (Å²) >= 11 is 0. The van der Waals surface area contributed by atoms with Crippen molar-refractivity contribution < 1.29 is 0 Å². The molecule has 4 heteroatoms. The number of rotatable bonds is 5. The highest BCUT2D eigenvalue weighted by atomic mass is 15.3. The van der Waals surface area contributed by atoms with Gasteiger partial charge in [-0.15, -0.1) is 0 Å². The van der Waals surface area contributed by atoms with Crippen molar-refractivity contribution in [2.24, 2.45) is 7.05 Å². The van der Waals surface area contributed by atoms with Gasteiger partial charge in [-0.2, -0.15) is 5.10 Å². The lowest BCUT2D eigenvalue weighted by Crippen LogP contribution is -2.44. The number of para-hydroxylation sites is 1. The molecule has 0 bridgehead atoms. The molecule has 0 aliphatic rings. The van der Waals surface area contributed by atoms with E-state index < -0.39 is 0 Å². The monoisotopic (exact) mass is 274 g/mol. The second-order valence-electron chi connectivity index (χ2n) is 6.50. The smallest absolute Gasteiger partial charge is 0.0841 e. The summed E-state index contributed by atoms with van der Waals surface area (Å²) in [5, 5.41) is 12.9. The average Bonchev–Trinajstić information content (AvgIpc) is 2.71. The van der Waals surface area contributed by atoms with Crippen LogP contribution in [0, 0.1) is 0 Å². The fraction of sp³-hybridized carbons (Fsp3) is 0.562. The molecule has 1 unspecified atom stereocenters. The SMILES string of the molecule is CC(CNC(C)(C)C)NCc1nn(C)c2ccccc12. The summed E-state index contributed by atoms with van der Waals surface area (Å²) in [5.41, 5.74) is 2.46. The van der Waals surface area contributed by atoms with Gasteiger partial charge in [-0.25, -0.2) is 0 Å². The minimum absolute atomic E-state index is 0.160. The van der Waals surface area contributed by atoms with Gasteiger partial charge in [0.15, 0.2) is 0 Å². The Morgan fingerprint density at radius 1 is 1.25 bits per heavy atom. The molecule has 0 saturated heterocycles. The zero-order chi connectivity index (χ0) is 14.8. The fourth-order valence-electron chi connectivity index (χ4n) is 2.22. The van der Waals surface area contributed by atoms with Crippen molar-refractivity contribution in [2.75, 3.05) is 6.54 Å². The molecule has 110 valence electrons. The lowest BCUT2D eigenvalue weighted by atomic mass is 10.1. The van der Waals surface area contributed by atoms with Crippen molar-refractivity contribution in [3.63, 3.8) is 0 Å². The van der Waals surface area contributed by atoms with Gasteiger partial charge in [0, 0.05) is 37.1 Å². The summed E-state index contributed by atoms with van der Waals surface area (Å²) < 4.78 is 1.95. The number of hydrogen-bond donors (Lipinski definition) is 2. The van der Waals surface area contributed by atoms with Crippen molar-refractivity contribution in [3.8, 4) is 0 Å². The van der Waals surface area contributed by atoms with Crippen molar-refractivity contribution in [3.05, 3.63) is 30.0 Å². The number of nitrogens with one attached hydrogen (secondary N) is 2. The minimum Gasteiger partial charge on any atom is -0.311 e. The van der Waals surface area contributed by atoms with E-state index >= 15 is 0 Å². The highest BCUT2D eigenvalue weighted by Crippen LogP contribution is 2.17. The van der Waals surface area contributed by atoms with Crippen LogP contribution in [0.5, 0.6) is 0 Å². The molecule has 0 saturated carbocycles. The number of fused-ring (bicyclic) bond motifs is 1. The highest BCUT2D eigenvalue weighted by molar-refractivity contribution is 5.81. The van der Waals surface area contributed by atoms with Crippen LogP contribution in [0.25, 0.3) is 10.9 Å². The van der Waals surface area contributed by atoms with E-state index in [0.29, 0.717) is 6.04 Å². The first kappa shape index (κ1) is 15.0. The zero-order valence-corrected chi connectivity index (χ0v) is 13.2. The Morgan fingerprint density at radius 3 is 2.65 bits per heavy atom. The predicted molar refractivity (Wildman–Crippen MR) is 84.8 cm³/mol. The third-order valence-corrected chi connectivity index (χ3v) is 3.39. The van der Waals surface area contributed by atoms with Gasteiger partial charge >= 0.3 is 0 Å². The Hall–Kier alpha value is -1.39. The van der Waals surface area contributed by atoms with Crippen molar-refractivity contribution in [1.29, 1.82) is 0 Å². The normalized spacial score (nSPS) is 13.8. The molecular weight excluding hydrogens is 248 g/mol. The maximum Gasteiger partial charge on any atom is 0.0841 e. The van der Waals surface area contributed by atoms with Crippen LogP contribution in [0.15, 0.2) is 24.3 Å². The number of aromatic nitrogens is 2. The summed E-state index contributed by atoms with van der Waals surface area (Å²) in [6, 6.07) is 8.78. The third kappa shape index (κ3) is 3.81. The molecule has 1 aromatic carbocycles. The second-order valence-corrected chi connectivity index (χ2v) is 6.50. The molecule has 0 aliphatic heterocycles. The quantitative estimate of drug-likeness (QED) is 0.880. The molecule has 0 radical (unpaired) electrons. The second kappa shape index (κ2) is 5.94. The summed E-state index contributed by atoms with van der Waals surface area (Å²) in [7, 11) is 2.00. The molecule has 2 aromatic rings. The number of benzene rings is 1. The Morgan fingerprint density at radius 2 is 1.95 bits per heavy atom. The van der Waals surface area contributed by atoms with Gasteiger partial charge in [0.05, 0.1) is 11.2 Å². The maximum absolute atomic E-state index is 4.60. The Kier molecular flexibility index (Phi) is 4.45. The highest BCUT2D eigenvalue weighted by Gasteiger charge is 2.12. The molecule has 2 rings (SSSR count). The number of aryl methyl sites for hydroxylation is 1. The Balaban J connectivity index is 1.96. The van der Waals surface area contributed by atoms with Crippen LogP contribution in [0.3, 0.4) is 0 Å². The topological polar surface area (TPSA) is 41.9 Å². The Bertz CT molecular complexity index is 565. The van der Waals surface area contributed by atoms with Gasteiger partial charge < -0.3 is 10.6 Å². The lowest BCUT2D eigenvalue weighted by molar-refractivity contribution is 0.386. The lowest BCUT2D eigenvalue weighted by Gasteiger charge is -2.23. The molecule has 1 heterocycles. The first-order valence-corrected chi connectivity index (χ1v) is 7.26. The van der Waals surface area contributed by atoms with Gasteiger partial charge in [-0.3, -0.25) is 4.68 Å². The van der Waals surface area contributed by atoms with E-state index in [1.165, 1.54) is 10.9 Å². The minimum atomic E-state index is 0.160. The van der Waals surface area contributed by atoms with Crippen molar-refractivity contribution in [2.45, 2.75) is 45.8 Å². The molecule has 20 heavy (non-hydrogen) atoms. The standard InChI is InChI=1S/C16H26N4/c1-12(10-18-16(2,3)4)17-11-14-13-8-6-7-9-15(13)20(5)19-14/h6-9,12,17-18H,10-11H2,1-5H3. The van der Waals surface area contributed by atoms with Crippen LogP contribution in [0.4, 0.5) is 0 Å². The van der Waals surface area contributed by atoms with Gasteiger partial charge in [-0.1, -0.05) is 18.2 Å². The molecular formula is C16H26N4. The molecule has 0 amide bonds. The number of nitrogens with zero attached hydrogens (tertiary/aromatic N) is 2. The molecule has 4 nitrogen and oxygen atoms in total. The van der Waals surface area contributed by atoms with Crippen LogP contribution in [0.2, 0.25) is 0 Å². The molecule has 2 N–H and O–H groups in total. The third-order valence-electron chi connectivity index (χ3n) is 3.39. The summed E-state index contributed by atoms with van der Waals surface area (Å²) in [6.45, 7) is 10.5. The molecule has 0 spiro atoms. The average molecular weight is 274 g/mol. The van der Waals surface area contributed by atoms with Crippen molar-refractivity contribution >= 4 is 10.9 Å². The van der Waals surface area contributed by atoms with Gasteiger partial charge in [0.25, 0.3) is 0 Å². The van der Waals surface area contributed by atoms with Gasteiger partial charge in [-0.05, 0) is 33.8 Å².